The molecule has 4 rings (SSSR count). The van der Waals surface area contributed by atoms with Gasteiger partial charge in [0, 0.05) is 0 Å². The fourth-order valence-electron chi connectivity index (χ4n) is 3.40. The summed E-state index contributed by atoms with van der Waals surface area (Å²) in [5, 5.41) is 2.59. The van der Waals surface area contributed by atoms with E-state index in [0.717, 1.165) is 0 Å². The van der Waals surface area contributed by atoms with Crippen LogP contribution in [0, 0.1) is 0 Å². The molecule has 0 aliphatic carbocycles. The zero-order chi connectivity index (χ0) is 17.2. The van der Waals surface area contributed by atoms with Crippen molar-refractivity contribution < 1.29 is 0 Å². The van der Waals surface area contributed by atoms with Gasteiger partial charge in [0.2, 0.25) is 0 Å². The van der Waals surface area contributed by atoms with Gasteiger partial charge in [0.05, 0.1) is 0 Å². The summed E-state index contributed by atoms with van der Waals surface area (Å²) in [7, 11) is 0. The third-order valence-corrected chi connectivity index (χ3v) is 4.87. The molecule has 122 valence electrons. The lowest BCUT2D eigenvalue weighted by Crippen LogP contribution is -1.88. The van der Waals surface area contributed by atoms with E-state index in [9.17, 15) is 0 Å². The molecule has 0 spiro atoms. The minimum Gasteiger partial charge on any atom is -0.0616 e. The van der Waals surface area contributed by atoms with Gasteiger partial charge in [-0.1, -0.05) is 105 Å². The van der Waals surface area contributed by atoms with Crippen LogP contribution in [0.1, 0.15) is 25.3 Å². The summed E-state index contributed by atoms with van der Waals surface area (Å²) in [4.78, 5) is 0. The third-order valence-electron chi connectivity index (χ3n) is 4.87. The molecule has 0 aromatic heterocycles. The van der Waals surface area contributed by atoms with Crippen LogP contribution < -0.4 is 0 Å². The average Bonchev–Trinajstić information content (AvgIpc) is 2.68. The largest absolute Gasteiger partial charge is 0.0616 e. The summed E-state index contributed by atoms with van der Waals surface area (Å²) in [5.41, 5.74) is 6.50. The van der Waals surface area contributed by atoms with Gasteiger partial charge in [-0.05, 0) is 44.5 Å². The molecule has 0 radical (unpaired) electrons. The van der Waals surface area contributed by atoms with Crippen LogP contribution in [0.5, 0.6) is 0 Å². The summed E-state index contributed by atoms with van der Waals surface area (Å²) >= 11 is 0. The van der Waals surface area contributed by atoms with Crippen LogP contribution in [0.3, 0.4) is 0 Å². The van der Waals surface area contributed by atoms with Crippen LogP contribution in [-0.2, 0) is 0 Å². The van der Waals surface area contributed by atoms with Crippen LogP contribution in [0.4, 0.5) is 0 Å². The molecule has 0 unspecified atom stereocenters. The molecule has 0 nitrogen and oxygen atoms in total. The first-order valence-corrected chi connectivity index (χ1v) is 8.91. The normalized spacial score (nSPS) is 11.2. The zero-order valence-corrected chi connectivity index (χ0v) is 14.7. The van der Waals surface area contributed by atoms with Crippen molar-refractivity contribution in [2.75, 3.05) is 0 Å². The van der Waals surface area contributed by atoms with E-state index in [1.54, 1.807) is 0 Å². The van der Waals surface area contributed by atoms with E-state index >= 15 is 0 Å². The van der Waals surface area contributed by atoms with Crippen molar-refractivity contribution in [2.45, 2.75) is 19.8 Å². The van der Waals surface area contributed by atoms with Gasteiger partial charge in [-0.2, -0.15) is 0 Å². The molecule has 0 aliphatic heterocycles. The molecule has 4 aromatic carbocycles. The Labute approximate surface area is 149 Å². The van der Waals surface area contributed by atoms with E-state index in [0.29, 0.717) is 5.92 Å². The van der Waals surface area contributed by atoms with Crippen molar-refractivity contribution in [2.24, 2.45) is 0 Å². The first kappa shape index (κ1) is 15.7. The Morgan fingerprint density at radius 1 is 0.560 bits per heavy atom. The Kier molecular flexibility index (Phi) is 4.11. The molecular weight excluding hydrogens is 300 g/mol. The number of hydrogen-bond acceptors (Lipinski definition) is 0. The maximum Gasteiger partial charge on any atom is -0.0105 e. The molecule has 0 atom stereocenters. The van der Waals surface area contributed by atoms with Crippen molar-refractivity contribution in [3.8, 4) is 22.3 Å². The summed E-state index contributed by atoms with van der Waals surface area (Å²) in [5.74, 6) is 0.551. The van der Waals surface area contributed by atoms with E-state index in [1.165, 1.54) is 38.6 Å². The molecule has 25 heavy (non-hydrogen) atoms. The van der Waals surface area contributed by atoms with E-state index < -0.39 is 0 Å². The van der Waals surface area contributed by atoms with E-state index in [-0.39, 0.29) is 0 Å². The maximum atomic E-state index is 2.30. The Bertz CT molecular complexity index is 1000. The molecule has 0 aliphatic rings. The van der Waals surface area contributed by atoms with Crippen molar-refractivity contribution in [3.63, 3.8) is 0 Å². The lowest BCUT2D eigenvalue weighted by molar-refractivity contribution is 0.867. The first-order chi connectivity index (χ1) is 12.2. The van der Waals surface area contributed by atoms with Gasteiger partial charge in [-0.15, -0.1) is 0 Å². The van der Waals surface area contributed by atoms with Crippen LogP contribution in [0.25, 0.3) is 33.0 Å². The van der Waals surface area contributed by atoms with Gasteiger partial charge in [0.25, 0.3) is 0 Å². The standard InChI is InChI=1S/C25H22/c1-18(2)22-9-5-10-23(17-22)19-13-15-21(16-14-19)25-12-6-8-20-7-3-4-11-24(20)25/h3-18H,1-2H3. The van der Waals surface area contributed by atoms with Crippen molar-refractivity contribution in [1.82, 2.24) is 0 Å². The second-order valence-electron chi connectivity index (χ2n) is 6.88. The van der Waals surface area contributed by atoms with Crippen molar-refractivity contribution in [3.05, 3.63) is 96.6 Å². The van der Waals surface area contributed by atoms with Crippen LogP contribution in [0.15, 0.2) is 91.0 Å². The lowest BCUT2D eigenvalue weighted by Gasteiger charge is -2.10. The highest BCUT2D eigenvalue weighted by atomic mass is 14.1. The molecule has 0 saturated carbocycles. The predicted octanol–water partition coefficient (Wildman–Crippen LogP) is 7.30. The molecule has 0 bridgehead atoms. The summed E-state index contributed by atoms with van der Waals surface area (Å²) in [6.07, 6.45) is 0. The molecular formula is C25H22. The topological polar surface area (TPSA) is 0 Å². The predicted molar refractivity (Wildman–Crippen MR) is 109 cm³/mol. The van der Waals surface area contributed by atoms with Gasteiger partial charge in [0.15, 0.2) is 0 Å². The summed E-state index contributed by atoms with van der Waals surface area (Å²) in [6.45, 7) is 4.48. The quantitative estimate of drug-likeness (QED) is 0.371. The first-order valence-electron chi connectivity index (χ1n) is 8.91. The fourth-order valence-corrected chi connectivity index (χ4v) is 3.40. The number of benzene rings is 4. The number of fused-ring (bicyclic) bond motifs is 1. The second-order valence-corrected chi connectivity index (χ2v) is 6.88. The molecule has 0 fully saturated rings. The zero-order valence-electron chi connectivity index (χ0n) is 14.7. The molecule has 0 amide bonds. The monoisotopic (exact) mass is 322 g/mol. The highest BCUT2D eigenvalue weighted by Crippen LogP contribution is 2.31. The Morgan fingerprint density at radius 2 is 1.24 bits per heavy atom. The van der Waals surface area contributed by atoms with Crippen LogP contribution >= 0.6 is 0 Å². The van der Waals surface area contributed by atoms with Gasteiger partial charge in [-0.25, -0.2) is 0 Å². The van der Waals surface area contributed by atoms with Crippen LogP contribution in [0.2, 0.25) is 0 Å². The minimum absolute atomic E-state index is 0.551. The fraction of sp³-hybridized carbons (Fsp3) is 0.120. The molecule has 0 saturated heterocycles. The Hall–Kier alpha value is -2.86. The highest BCUT2D eigenvalue weighted by Gasteiger charge is 2.05. The Morgan fingerprint density at radius 3 is 2.04 bits per heavy atom. The molecule has 0 heteroatoms. The summed E-state index contributed by atoms with van der Waals surface area (Å²) in [6, 6.07) is 32.9. The Balaban J connectivity index is 1.74. The minimum atomic E-state index is 0.551. The van der Waals surface area contributed by atoms with Gasteiger partial charge < -0.3 is 0 Å². The van der Waals surface area contributed by atoms with E-state index in [2.05, 4.69) is 105 Å². The van der Waals surface area contributed by atoms with Gasteiger partial charge >= 0.3 is 0 Å². The molecule has 0 N–H and O–H groups in total. The van der Waals surface area contributed by atoms with Gasteiger partial charge in [0.1, 0.15) is 0 Å². The number of rotatable bonds is 3. The smallest absolute Gasteiger partial charge is 0.0105 e. The lowest BCUT2D eigenvalue weighted by atomic mass is 9.94. The van der Waals surface area contributed by atoms with Gasteiger partial charge in [-0.3, -0.25) is 0 Å². The molecule has 0 heterocycles. The van der Waals surface area contributed by atoms with Crippen molar-refractivity contribution in [1.29, 1.82) is 0 Å². The van der Waals surface area contributed by atoms with E-state index in [1.807, 2.05) is 0 Å². The molecule has 4 aromatic rings. The van der Waals surface area contributed by atoms with Crippen LogP contribution in [-0.4, -0.2) is 0 Å². The van der Waals surface area contributed by atoms with E-state index in [4.69, 9.17) is 0 Å². The van der Waals surface area contributed by atoms with Crippen molar-refractivity contribution >= 4 is 10.8 Å². The second kappa shape index (κ2) is 6.57. The highest BCUT2D eigenvalue weighted by molar-refractivity contribution is 5.96. The SMILES string of the molecule is CC(C)c1cccc(-c2ccc(-c3cccc4ccccc34)cc2)c1. The average molecular weight is 322 g/mol. The maximum absolute atomic E-state index is 2.30. The summed E-state index contributed by atoms with van der Waals surface area (Å²) < 4.78 is 0. The third kappa shape index (κ3) is 3.08. The number of hydrogen-bond donors (Lipinski definition) is 0.